The van der Waals surface area contributed by atoms with Crippen LogP contribution in [-0.2, 0) is 4.79 Å². The van der Waals surface area contributed by atoms with Gasteiger partial charge in [-0.15, -0.1) is 0 Å². The highest BCUT2D eigenvalue weighted by molar-refractivity contribution is 5.95. The minimum atomic E-state index is -0.547. The van der Waals surface area contributed by atoms with Crippen molar-refractivity contribution in [3.8, 4) is 28.7 Å². The molecule has 0 unspecified atom stereocenters. The molecule has 0 fully saturated rings. The first-order valence-corrected chi connectivity index (χ1v) is 12.2. The van der Waals surface area contributed by atoms with Crippen molar-refractivity contribution < 1.29 is 38.1 Å². The standard InChI is InChI=1S/C29H31N3O8/c1-36-23-13-9-20(16-25(23)38-3)28(34)30-15-5-6-27(33)32-31-18-19-7-11-22(12-8-19)40-29(35)21-10-14-24(37-2)26(17-21)39-4/h7-14,16-18H,5-6,15H2,1-4H3,(H,30,34)(H,32,33)/b31-18+. The predicted molar refractivity (Wildman–Crippen MR) is 148 cm³/mol. The molecule has 0 heterocycles. The Morgan fingerprint density at radius 2 is 1.32 bits per heavy atom. The third kappa shape index (κ3) is 8.22. The largest absolute Gasteiger partial charge is 0.493 e. The van der Waals surface area contributed by atoms with Gasteiger partial charge in [-0.2, -0.15) is 5.10 Å². The van der Waals surface area contributed by atoms with Crippen molar-refractivity contribution in [3.05, 3.63) is 77.4 Å². The summed E-state index contributed by atoms with van der Waals surface area (Å²) >= 11 is 0. The van der Waals surface area contributed by atoms with Gasteiger partial charge in [-0.3, -0.25) is 9.59 Å². The number of amides is 2. The van der Waals surface area contributed by atoms with E-state index in [1.807, 2.05) is 0 Å². The fraction of sp³-hybridized carbons (Fsp3) is 0.241. The second-order valence-electron chi connectivity index (χ2n) is 8.25. The second kappa shape index (κ2) is 14.8. The normalized spacial score (nSPS) is 10.5. The fourth-order valence-corrected chi connectivity index (χ4v) is 3.52. The fourth-order valence-electron chi connectivity index (χ4n) is 3.52. The average molecular weight is 550 g/mol. The molecule has 40 heavy (non-hydrogen) atoms. The van der Waals surface area contributed by atoms with Gasteiger partial charge >= 0.3 is 5.97 Å². The molecular formula is C29H31N3O8. The van der Waals surface area contributed by atoms with Crippen LogP contribution >= 0.6 is 0 Å². The number of ether oxygens (including phenoxy) is 5. The quantitative estimate of drug-likeness (QED) is 0.109. The number of hydrogen-bond acceptors (Lipinski definition) is 9. The number of carbonyl (C=O) groups excluding carboxylic acids is 3. The highest BCUT2D eigenvalue weighted by atomic mass is 16.5. The van der Waals surface area contributed by atoms with Crippen LogP contribution in [0.4, 0.5) is 0 Å². The monoisotopic (exact) mass is 549 g/mol. The summed E-state index contributed by atoms with van der Waals surface area (Å²) in [6.45, 7) is 0.313. The Hall–Kier alpha value is -5.06. The van der Waals surface area contributed by atoms with Crippen LogP contribution in [0.5, 0.6) is 28.7 Å². The highest BCUT2D eigenvalue weighted by Gasteiger charge is 2.13. The predicted octanol–water partition coefficient (Wildman–Crippen LogP) is 3.60. The van der Waals surface area contributed by atoms with Crippen molar-refractivity contribution in [2.45, 2.75) is 12.8 Å². The molecule has 3 rings (SSSR count). The van der Waals surface area contributed by atoms with Gasteiger partial charge in [-0.25, -0.2) is 10.2 Å². The number of methoxy groups -OCH3 is 4. The Balaban J connectivity index is 1.40. The molecule has 0 bridgehead atoms. The Bertz CT molecular complexity index is 1360. The molecule has 0 radical (unpaired) electrons. The van der Waals surface area contributed by atoms with E-state index in [2.05, 4.69) is 15.8 Å². The van der Waals surface area contributed by atoms with Crippen LogP contribution in [0.3, 0.4) is 0 Å². The molecule has 0 aliphatic rings. The summed E-state index contributed by atoms with van der Waals surface area (Å²) in [5, 5.41) is 6.70. The lowest BCUT2D eigenvalue weighted by Gasteiger charge is -2.10. The first kappa shape index (κ1) is 29.5. The van der Waals surface area contributed by atoms with Crippen molar-refractivity contribution in [1.82, 2.24) is 10.7 Å². The van der Waals surface area contributed by atoms with Gasteiger partial charge in [0.1, 0.15) is 5.75 Å². The second-order valence-corrected chi connectivity index (χ2v) is 8.25. The van der Waals surface area contributed by atoms with Gasteiger partial charge in [0.05, 0.1) is 40.2 Å². The van der Waals surface area contributed by atoms with Crippen LogP contribution in [-0.4, -0.2) is 59.0 Å². The summed E-state index contributed by atoms with van der Waals surface area (Å²) in [4.78, 5) is 36.8. The first-order valence-electron chi connectivity index (χ1n) is 12.2. The summed E-state index contributed by atoms with van der Waals surface area (Å²) in [5.41, 5.74) is 3.87. The van der Waals surface area contributed by atoms with E-state index in [9.17, 15) is 14.4 Å². The van der Waals surface area contributed by atoms with E-state index in [-0.39, 0.29) is 18.2 Å². The summed E-state index contributed by atoms with van der Waals surface area (Å²) in [7, 11) is 6.01. The summed E-state index contributed by atoms with van der Waals surface area (Å²) in [6.07, 6.45) is 2.08. The van der Waals surface area contributed by atoms with E-state index >= 15 is 0 Å². The first-order chi connectivity index (χ1) is 19.4. The van der Waals surface area contributed by atoms with Gasteiger partial charge in [0.15, 0.2) is 23.0 Å². The summed E-state index contributed by atoms with van der Waals surface area (Å²) in [5.74, 6) is 1.14. The molecule has 0 saturated carbocycles. The maximum Gasteiger partial charge on any atom is 0.343 e. The SMILES string of the molecule is COc1ccc(C(=O)NCCCC(=O)N/N=C/c2ccc(OC(=O)c3ccc(OC)c(OC)c3)cc2)cc1OC. The van der Waals surface area contributed by atoms with E-state index in [1.54, 1.807) is 54.6 Å². The Kier molecular flexibility index (Phi) is 10.9. The molecule has 0 spiro atoms. The molecule has 2 amide bonds. The number of esters is 1. The van der Waals surface area contributed by atoms with Gasteiger partial charge in [-0.1, -0.05) is 0 Å². The maximum atomic E-state index is 12.5. The third-order valence-corrected chi connectivity index (χ3v) is 5.62. The van der Waals surface area contributed by atoms with Crippen LogP contribution in [0.2, 0.25) is 0 Å². The van der Waals surface area contributed by atoms with Crippen LogP contribution < -0.4 is 34.4 Å². The third-order valence-electron chi connectivity index (χ3n) is 5.62. The summed E-state index contributed by atoms with van der Waals surface area (Å²) in [6, 6.07) is 16.2. The van der Waals surface area contributed by atoms with Crippen LogP contribution in [0.1, 0.15) is 39.1 Å². The van der Waals surface area contributed by atoms with Crippen molar-refractivity contribution in [3.63, 3.8) is 0 Å². The zero-order chi connectivity index (χ0) is 28.9. The van der Waals surface area contributed by atoms with E-state index in [0.29, 0.717) is 58.4 Å². The molecule has 2 N–H and O–H groups in total. The Morgan fingerprint density at radius 3 is 1.93 bits per heavy atom. The number of nitrogens with one attached hydrogen (secondary N) is 2. The molecule has 0 aromatic heterocycles. The van der Waals surface area contributed by atoms with E-state index in [4.69, 9.17) is 23.7 Å². The molecular weight excluding hydrogens is 518 g/mol. The number of nitrogens with zero attached hydrogens (tertiary/aromatic N) is 1. The van der Waals surface area contributed by atoms with Gasteiger partial charge < -0.3 is 29.0 Å². The molecule has 0 saturated heterocycles. The lowest BCUT2D eigenvalue weighted by molar-refractivity contribution is -0.121. The molecule has 11 nitrogen and oxygen atoms in total. The van der Waals surface area contributed by atoms with Crippen molar-refractivity contribution >= 4 is 24.0 Å². The van der Waals surface area contributed by atoms with Gasteiger partial charge in [0, 0.05) is 18.5 Å². The highest BCUT2D eigenvalue weighted by Crippen LogP contribution is 2.28. The molecule has 0 aliphatic heterocycles. The Morgan fingerprint density at radius 1 is 0.750 bits per heavy atom. The molecule has 11 heteroatoms. The van der Waals surface area contributed by atoms with Crippen molar-refractivity contribution in [1.29, 1.82) is 0 Å². The van der Waals surface area contributed by atoms with E-state index < -0.39 is 5.97 Å². The molecule has 0 atom stereocenters. The molecule has 3 aromatic carbocycles. The molecule has 210 valence electrons. The minimum absolute atomic E-state index is 0.175. The molecule has 0 aliphatic carbocycles. The smallest absolute Gasteiger partial charge is 0.343 e. The van der Waals surface area contributed by atoms with Crippen molar-refractivity contribution in [2.24, 2.45) is 5.10 Å². The Labute approximate surface area is 232 Å². The lowest BCUT2D eigenvalue weighted by Crippen LogP contribution is -2.26. The van der Waals surface area contributed by atoms with Gasteiger partial charge in [0.25, 0.3) is 5.91 Å². The maximum absolute atomic E-state index is 12.5. The average Bonchev–Trinajstić information content (AvgIpc) is 2.99. The number of hydrogen-bond donors (Lipinski definition) is 2. The minimum Gasteiger partial charge on any atom is -0.493 e. The topological polar surface area (TPSA) is 134 Å². The van der Waals surface area contributed by atoms with Gasteiger partial charge in [-0.05, 0) is 72.6 Å². The van der Waals surface area contributed by atoms with Gasteiger partial charge in [0.2, 0.25) is 5.91 Å². The lowest BCUT2D eigenvalue weighted by atomic mass is 10.2. The number of carbonyl (C=O) groups is 3. The number of hydrazone groups is 1. The van der Waals surface area contributed by atoms with E-state index in [1.165, 1.54) is 40.7 Å². The van der Waals surface area contributed by atoms with Crippen molar-refractivity contribution in [2.75, 3.05) is 35.0 Å². The van der Waals surface area contributed by atoms with Crippen LogP contribution in [0, 0.1) is 0 Å². The number of benzene rings is 3. The zero-order valence-corrected chi connectivity index (χ0v) is 22.7. The molecule has 3 aromatic rings. The zero-order valence-electron chi connectivity index (χ0n) is 22.7. The van der Waals surface area contributed by atoms with E-state index in [0.717, 1.165) is 0 Å². The number of rotatable bonds is 13. The van der Waals surface area contributed by atoms with Crippen LogP contribution in [0.15, 0.2) is 65.8 Å². The summed E-state index contributed by atoms with van der Waals surface area (Å²) < 4.78 is 26.2. The van der Waals surface area contributed by atoms with Crippen LogP contribution in [0.25, 0.3) is 0 Å².